The van der Waals surface area contributed by atoms with Gasteiger partial charge in [-0.3, -0.25) is 0 Å². The van der Waals surface area contributed by atoms with Gasteiger partial charge in [0.1, 0.15) is 5.82 Å². The van der Waals surface area contributed by atoms with E-state index in [9.17, 15) is 13.2 Å². The highest BCUT2D eigenvalue weighted by molar-refractivity contribution is 5.66. The number of unbranched alkanes of at least 4 members (excludes halogenated alkanes) is 2. The molecule has 2 aromatic rings. The van der Waals surface area contributed by atoms with E-state index >= 15 is 0 Å². The van der Waals surface area contributed by atoms with Crippen LogP contribution in [0.25, 0.3) is 11.1 Å². The van der Waals surface area contributed by atoms with Crippen LogP contribution in [0.2, 0.25) is 0 Å². The molecule has 0 N–H and O–H groups in total. The van der Waals surface area contributed by atoms with Crippen molar-refractivity contribution in [3.05, 3.63) is 53.3 Å². The Bertz CT molecular complexity index is 799. The SMILES string of the molecule is CCCCCC1CCC(c2ccc(-c3ccc(OC)c(F)c3F)cc2F)OC1. The topological polar surface area (TPSA) is 18.5 Å². The fourth-order valence-corrected chi connectivity index (χ4v) is 3.83. The summed E-state index contributed by atoms with van der Waals surface area (Å²) >= 11 is 0. The van der Waals surface area contributed by atoms with Crippen LogP contribution in [0.5, 0.6) is 5.75 Å². The highest BCUT2D eigenvalue weighted by Crippen LogP contribution is 2.36. The van der Waals surface area contributed by atoms with Crippen molar-refractivity contribution < 1.29 is 22.6 Å². The van der Waals surface area contributed by atoms with E-state index < -0.39 is 17.5 Å². The van der Waals surface area contributed by atoms with Gasteiger partial charge in [0.25, 0.3) is 0 Å². The van der Waals surface area contributed by atoms with E-state index in [1.807, 2.05) is 0 Å². The fourth-order valence-electron chi connectivity index (χ4n) is 3.83. The summed E-state index contributed by atoms with van der Waals surface area (Å²) in [5.41, 5.74) is 0.767. The summed E-state index contributed by atoms with van der Waals surface area (Å²) in [7, 11) is 1.27. The van der Waals surface area contributed by atoms with Crippen LogP contribution in [0.4, 0.5) is 13.2 Å². The third-order valence-electron chi connectivity index (χ3n) is 5.51. The summed E-state index contributed by atoms with van der Waals surface area (Å²) in [5, 5.41) is 0. The Morgan fingerprint density at radius 2 is 1.86 bits per heavy atom. The summed E-state index contributed by atoms with van der Waals surface area (Å²) in [6.45, 7) is 2.83. The normalized spacial score (nSPS) is 19.6. The molecule has 5 heteroatoms. The predicted octanol–water partition coefficient (Wildman–Crippen LogP) is 6.83. The molecule has 28 heavy (non-hydrogen) atoms. The van der Waals surface area contributed by atoms with Gasteiger partial charge in [-0.2, -0.15) is 4.39 Å². The molecule has 152 valence electrons. The van der Waals surface area contributed by atoms with Crippen LogP contribution in [-0.2, 0) is 4.74 Å². The molecule has 0 aliphatic carbocycles. The van der Waals surface area contributed by atoms with Crippen molar-refractivity contribution in [1.29, 1.82) is 0 Å². The molecule has 2 nitrogen and oxygen atoms in total. The first kappa shape index (κ1) is 20.7. The molecular formula is C23H27F3O2. The first-order chi connectivity index (χ1) is 13.5. The van der Waals surface area contributed by atoms with Crippen LogP contribution in [0, 0.1) is 23.4 Å². The summed E-state index contributed by atoms with van der Waals surface area (Å²) in [6.07, 6.45) is 6.32. The lowest BCUT2D eigenvalue weighted by molar-refractivity contribution is -0.0215. The average molecular weight is 392 g/mol. The highest BCUT2D eigenvalue weighted by atomic mass is 19.2. The molecule has 1 aliphatic heterocycles. The second-order valence-electron chi connectivity index (χ2n) is 7.44. The highest BCUT2D eigenvalue weighted by Gasteiger charge is 2.25. The second kappa shape index (κ2) is 9.46. The Morgan fingerprint density at radius 3 is 2.50 bits per heavy atom. The Morgan fingerprint density at radius 1 is 1.04 bits per heavy atom. The van der Waals surface area contributed by atoms with Gasteiger partial charge in [-0.15, -0.1) is 0 Å². The Hall–Kier alpha value is -2.01. The number of hydrogen-bond donors (Lipinski definition) is 0. The van der Waals surface area contributed by atoms with E-state index in [4.69, 9.17) is 9.47 Å². The zero-order valence-corrected chi connectivity index (χ0v) is 16.4. The smallest absolute Gasteiger partial charge is 0.201 e. The van der Waals surface area contributed by atoms with Crippen molar-refractivity contribution in [1.82, 2.24) is 0 Å². The number of ether oxygens (including phenoxy) is 2. The zero-order chi connectivity index (χ0) is 20.1. The van der Waals surface area contributed by atoms with Gasteiger partial charge >= 0.3 is 0 Å². The van der Waals surface area contributed by atoms with Crippen molar-refractivity contribution in [3.8, 4) is 16.9 Å². The molecule has 0 radical (unpaired) electrons. The molecule has 0 bridgehead atoms. The minimum atomic E-state index is -1.07. The summed E-state index contributed by atoms with van der Waals surface area (Å²) < 4.78 is 53.7. The van der Waals surface area contributed by atoms with Crippen LogP contribution in [0.3, 0.4) is 0 Å². The number of halogens is 3. The Labute approximate surface area is 164 Å². The maximum absolute atomic E-state index is 14.7. The molecule has 2 atom stereocenters. The number of methoxy groups -OCH3 is 1. The van der Waals surface area contributed by atoms with Gasteiger partial charge in [-0.1, -0.05) is 38.3 Å². The molecule has 0 spiro atoms. The number of benzene rings is 2. The van der Waals surface area contributed by atoms with Gasteiger partial charge in [0.05, 0.1) is 19.8 Å². The quantitative estimate of drug-likeness (QED) is 0.481. The third kappa shape index (κ3) is 4.52. The standard InChI is InChI=1S/C23H27F3O2/c1-3-4-5-6-15-7-11-20(28-14-15)18-9-8-16(13-19(18)24)17-10-12-21(27-2)23(26)22(17)25/h8-10,12-13,15,20H,3-7,11,14H2,1-2H3. The lowest BCUT2D eigenvalue weighted by Crippen LogP contribution is -2.21. The van der Waals surface area contributed by atoms with Crippen LogP contribution in [0.1, 0.15) is 57.1 Å². The van der Waals surface area contributed by atoms with Crippen molar-refractivity contribution in [2.45, 2.75) is 51.6 Å². The van der Waals surface area contributed by atoms with Crippen LogP contribution < -0.4 is 4.74 Å². The second-order valence-corrected chi connectivity index (χ2v) is 7.44. The molecule has 1 aliphatic rings. The molecule has 2 unspecified atom stereocenters. The molecule has 0 aromatic heterocycles. The van der Waals surface area contributed by atoms with Gasteiger partial charge < -0.3 is 9.47 Å². The van der Waals surface area contributed by atoms with Crippen molar-refractivity contribution >= 4 is 0 Å². The van der Waals surface area contributed by atoms with E-state index in [1.165, 1.54) is 44.6 Å². The first-order valence-corrected chi connectivity index (χ1v) is 9.98. The largest absolute Gasteiger partial charge is 0.494 e. The van der Waals surface area contributed by atoms with Gasteiger partial charge in [-0.25, -0.2) is 8.78 Å². The van der Waals surface area contributed by atoms with Crippen molar-refractivity contribution in [3.63, 3.8) is 0 Å². The van der Waals surface area contributed by atoms with Crippen molar-refractivity contribution in [2.24, 2.45) is 5.92 Å². The Balaban J connectivity index is 1.71. The molecule has 0 amide bonds. The number of rotatable bonds is 7. The molecule has 1 heterocycles. The molecule has 1 saturated heterocycles. The lowest BCUT2D eigenvalue weighted by Gasteiger charge is -2.29. The van der Waals surface area contributed by atoms with E-state index in [1.54, 1.807) is 12.1 Å². The van der Waals surface area contributed by atoms with E-state index in [2.05, 4.69) is 6.92 Å². The fraction of sp³-hybridized carbons (Fsp3) is 0.478. The summed E-state index contributed by atoms with van der Waals surface area (Å²) in [6, 6.07) is 7.20. The van der Waals surface area contributed by atoms with Gasteiger partial charge in [0.2, 0.25) is 5.82 Å². The van der Waals surface area contributed by atoms with Gasteiger partial charge in [0.15, 0.2) is 11.6 Å². The zero-order valence-electron chi connectivity index (χ0n) is 16.4. The predicted molar refractivity (Wildman–Crippen MR) is 104 cm³/mol. The maximum atomic E-state index is 14.7. The van der Waals surface area contributed by atoms with E-state index in [0.717, 1.165) is 19.3 Å². The third-order valence-corrected chi connectivity index (χ3v) is 5.51. The van der Waals surface area contributed by atoms with Crippen LogP contribution >= 0.6 is 0 Å². The average Bonchev–Trinajstić information content (AvgIpc) is 2.71. The van der Waals surface area contributed by atoms with E-state index in [0.29, 0.717) is 18.1 Å². The maximum Gasteiger partial charge on any atom is 0.201 e. The monoisotopic (exact) mass is 392 g/mol. The van der Waals surface area contributed by atoms with Crippen LogP contribution in [-0.4, -0.2) is 13.7 Å². The minimum Gasteiger partial charge on any atom is -0.494 e. The summed E-state index contributed by atoms with van der Waals surface area (Å²) in [5.74, 6) is -2.21. The van der Waals surface area contributed by atoms with Crippen molar-refractivity contribution in [2.75, 3.05) is 13.7 Å². The molecule has 3 rings (SSSR count). The minimum absolute atomic E-state index is 0.00398. The first-order valence-electron chi connectivity index (χ1n) is 9.98. The molecule has 2 aromatic carbocycles. The van der Waals surface area contributed by atoms with Crippen LogP contribution in [0.15, 0.2) is 30.3 Å². The van der Waals surface area contributed by atoms with E-state index in [-0.39, 0.29) is 23.0 Å². The number of hydrogen-bond acceptors (Lipinski definition) is 2. The lowest BCUT2D eigenvalue weighted by atomic mass is 9.90. The molecule has 0 saturated carbocycles. The van der Waals surface area contributed by atoms with Gasteiger partial charge in [-0.05, 0) is 48.9 Å². The Kier molecular flexibility index (Phi) is 7.00. The molecular weight excluding hydrogens is 365 g/mol. The van der Waals surface area contributed by atoms with Gasteiger partial charge in [0, 0.05) is 11.1 Å². The molecule has 1 fully saturated rings. The summed E-state index contributed by atoms with van der Waals surface area (Å²) in [4.78, 5) is 0.